The van der Waals surface area contributed by atoms with E-state index in [4.69, 9.17) is 0 Å². The Morgan fingerprint density at radius 1 is 1.23 bits per heavy atom. The van der Waals surface area contributed by atoms with Gasteiger partial charge in [0.1, 0.15) is 5.82 Å². The Hall–Kier alpha value is -2.26. The molecule has 0 aliphatic carbocycles. The summed E-state index contributed by atoms with van der Waals surface area (Å²) in [4.78, 5) is 12.6. The predicted molar refractivity (Wildman–Crippen MR) is 106 cm³/mol. The summed E-state index contributed by atoms with van der Waals surface area (Å²) in [5, 5.41) is 20.8. The summed E-state index contributed by atoms with van der Waals surface area (Å²) in [5.74, 6) is 1.25. The first-order valence-electron chi connectivity index (χ1n) is 8.08. The molecule has 136 valence electrons. The highest BCUT2D eigenvalue weighted by Crippen LogP contribution is 2.19. The normalized spacial score (nSPS) is 10.8. The van der Waals surface area contributed by atoms with Gasteiger partial charge in [0.25, 0.3) is 5.91 Å². The van der Waals surface area contributed by atoms with Crippen LogP contribution < -0.4 is 10.6 Å². The fraction of sp³-hybridized carbons (Fsp3) is 0.294. The van der Waals surface area contributed by atoms with Crippen molar-refractivity contribution in [2.45, 2.75) is 20.8 Å². The molecule has 3 aromatic heterocycles. The summed E-state index contributed by atoms with van der Waals surface area (Å²) in [6.07, 6.45) is 0. The lowest BCUT2D eigenvalue weighted by Gasteiger charge is -2.07. The quantitative estimate of drug-likeness (QED) is 0.581. The van der Waals surface area contributed by atoms with Gasteiger partial charge in [-0.3, -0.25) is 4.79 Å². The number of carbonyl (C=O) groups excluding carboxylic acids is 1. The van der Waals surface area contributed by atoms with Gasteiger partial charge in [-0.25, -0.2) is 4.68 Å². The number of amides is 1. The molecule has 0 spiro atoms. The van der Waals surface area contributed by atoms with Crippen molar-refractivity contribution >= 4 is 39.0 Å². The van der Waals surface area contributed by atoms with Crippen LogP contribution in [0, 0.1) is 20.8 Å². The van der Waals surface area contributed by atoms with E-state index in [1.54, 1.807) is 10.7 Å². The lowest BCUT2D eigenvalue weighted by molar-refractivity contribution is 0.0959. The van der Waals surface area contributed by atoms with Crippen LogP contribution >= 0.6 is 27.3 Å². The molecule has 3 rings (SSSR count). The van der Waals surface area contributed by atoms with Gasteiger partial charge in [0, 0.05) is 28.6 Å². The van der Waals surface area contributed by atoms with Crippen molar-refractivity contribution in [2.24, 2.45) is 0 Å². The van der Waals surface area contributed by atoms with Crippen molar-refractivity contribution in [3.05, 3.63) is 49.9 Å². The summed E-state index contributed by atoms with van der Waals surface area (Å²) >= 11 is 4.75. The zero-order valence-corrected chi connectivity index (χ0v) is 17.1. The van der Waals surface area contributed by atoms with E-state index in [1.165, 1.54) is 11.3 Å². The number of nitrogens with zero attached hydrogens (tertiary/aromatic N) is 4. The molecule has 0 atom stereocenters. The minimum Gasteiger partial charge on any atom is -0.367 e. The van der Waals surface area contributed by atoms with Crippen molar-refractivity contribution in [3.8, 4) is 5.82 Å². The highest BCUT2D eigenvalue weighted by molar-refractivity contribution is 9.10. The predicted octanol–water partition coefficient (Wildman–Crippen LogP) is 3.25. The largest absolute Gasteiger partial charge is 0.367 e. The Morgan fingerprint density at radius 3 is 2.62 bits per heavy atom. The smallest absolute Gasteiger partial charge is 0.261 e. The Balaban J connectivity index is 1.51. The van der Waals surface area contributed by atoms with Crippen molar-refractivity contribution < 1.29 is 4.79 Å². The molecule has 0 aliphatic heterocycles. The van der Waals surface area contributed by atoms with Gasteiger partial charge in [-0.05, 0) is 60.5 Å². The number of anilines is 1. The number of thiophene rings is 1. The molecule has 0 fully saturated rings. The third-order valence-electron chi connectivity index (χ3n) is 4.03. The van der Waals surface area contributed by atoms with Gasteiger partial charge in [0.05, 0.1) is 10.6 Å². The number of hydrogen-bond donors (Lipinski definition) is 2. The third kappa shape index (κ3) is 4.10. The van der Waals surface area contributed by atoms with Gasteiger partial charge in [-0.2, -0.15) is 5.10 Å². The maximum atomic E-state index is 11.9. The van der Waals surface area contributed by atoms with Crippen LogP contribution in [0.3, 0.4) is 0 Å². The second-order valence-electron chi connectivity index (χ2n) is 5.80. The summed E-state index contributed by atoms with van der Waals surface area (Å²) < 4.78 is 2.71. The van der Waals surface area contributed by atoms with Crippen LogP contribution in [0.2, 0.25) is 0 Å². The molecule has 26 heavy (non-hydrogen) atoms. The second-order valence-corrected chi connectivity index (χ2v) is 7.62. The Kier molecular flexibility index (Phi) is 5.67. The van der Waals surface area contributed by atoms with Crippen LogP contribution in [0.15, 0.2) is 28.1 Å². The summed E-state index contributed by atoms with van der Waals surface area (Å²) in [6.45, 7) is 7.09. The topological polar surface area (TPSA) is 84.7 Å². The van der Waals surface area contributed by atoms with Crippen LogP contribution in [-0.4, -0.2) is 39.0 Å². The first-order valence-corrected chi connectivity index (χ1v) is 9.76. The molecule has 9 heteroatoms. The van der Waals surface area contributed by atoms with E-state index in [2.05, 4.69) is 41.9 Å². The fourth-order valence-corrected chi connectivity index (χ4v) is 3.70. The van der Waals surface area contributed by atoms with Crippen LogP contribution in [0.5, 0.6) is 0 Å². The standard InChI is InChI=1S/C17H19BrN6OS/c1-10-11(2)23-24(12(10)3)16-5-4-15(21-22-16)19-6-7-20-17(25)14-8-13(18)9-26-14/h4-5,8-9H,6-7H2,1-3H3,(H,19,21)(H,20,25). The van der Waals surface area contributed by atoms with Gasteiger partial charge in [-0.1, -0.05) is 0 Å². The minimum atomic E-state index is -0.0798. The Labute approximate surface area is 164 Å². The van der Waals surface area contributed by atoms with Crippen LogP contribution in [-0.2, 0) is 0 Å². The van der Waals surface area contributed by atoms with E-state index < -0.39 is 0 Å². The molecule has 0 saturated carbocycles. The van der Waals surface area contributed by atoms with E-state index in [0.29, 0.717) is 29.6 Å². The second kappa shape index (κ2) is 7.96. The zero-order valence-electron chi connectivity index (χ0n) is 14.7. The first kappa shape index (κ1) is 18.5. The number of carbonyl (C=O) groups is 1. The molecule has 3 aromatic rings. The number of rotatable bonds is 6. The maximum absolute atomic E-state index is 11.9. The van der Waals surface area contributed by atoms with Crippen LogP contribution in [0.1, 0.15) is 26.6 Å². The van der Waals surface area contributed by atoms with Crippen molar-refractivity contribution in [1.82, 2.24) is 25.3 Å². The number of nitrogens with one attached hydrogen (secondary N) is 2. The summed E-state index contributed by atoms with van der Waals surface area (Å²) in [7, 11) is 0. The molecule has 0 saturated heterocycles. The SMILES string of the molecule is Cc1nn(-c2ccc(NCCNC(=O)c3cc(Br)cs3)nn2)c(C)c1C. The Morgan fingerprint density at radius 2 is 2.04 bits per heavy atom. The molecule has 1 amide bonds. The monoisotopic (exact) mass is 434 g/mol. The van der Waals surface area contributed by atoms with E-state index in [0.717, 1.165) is 21.4 Å². The summed E-state index contributed by atoms with van der Waals surface area (Å²) in [5.41, 5.74) is 3.20. The lowest BCUT2D eigenvalue weighted by Crippen LogP contribution is -2.28. The van der Waals surface area contributed by atoms with Gasteiger partial charge in [-0.15, -0.1) is 21.5 Å². The molecule has 2 N–H and O–H groups in total. The van der Waals surface area contributed by atoms with E-state index in [1.807, 2.05) is 38.3 Å². The van der Waals surface area contributed by atoms with Crippen LogP contribution in [0.25, 0.3) is 5.82 Å². The molecule has 7 nitrogen and oxygen atoms in total. The molecule has 0 aromatic carbocycles. The highest BCUT2D eigenvalue weighted by Gasteiger charge is 2.10. The van der Waals surface area contributed by atoms with E-state index in [9.17, 15) is 4.79 Å². The molecular formula is C17H19BrN6OS. The number of aryl methyl sites for hydroxylation is 1. The molecule has 0 radical (unpaired) electrons. The fourth-order valence-electron chi connectivity index (χ4n) is 2.36. The average Bonchev–Trinajstić information content (AvgIpc) is 3.18. The number of halogens is 1. The maximum Gasteiger partial charge on any atom is 0.261 e. The average molecular weight is 435 g/mol. The van der Waals surface area contributed by atoms with Crippen molar-refractivity contribution in [3.63, 3.8) is 0 Å². The zero-order chi connectivity index (χ0) is 18.7. The molecule has 3 heterocycles. The van der Waals surface area contributed by atoms with Gasteiger partial charge in [0.15, 0.2) is 5.82 Å². The minimum absolute atomic E-state index is 0.0798. The molecule has 0 unspecified atom stereocenters. The van der Waals surface area contributed by atoms with Gasteiger partial charge < -0.3 is 10.6 Å². The van der Waals surface area contributed by atoms with Crippen molar-refractivity contribution in [1.29, 1.82) is 0 Å². The number of aromatic nitrogens is 4. The molecule has 0 aliphatic rings. The van der Waals surface area contributed by atoms with E-state index in [-0.39, 0.29) is 5.91 Å². The van der Waals surface area contributed by atoms with Crippen molar-refractivity contribution in [2.75, 3.05) is 18.4 Å². The Bertz CT molecular complexity index is 918. The third-order valence-corrected chi connectivity index (χ3v) is 5.72. The van der Waals surface area contributed by atoms with Gasteiger partial charge >= 0.3 is 0 Å². The number of hydrogen-bond acceptors (Lipinski definition) is 6. The molecule has 0 bridgehead atoms. The van der Waals surface area contributed by atoms with Crippen LogP contribution in [0.4, 0.5) is 5.82 Å². The lowest BCUT2D eigenvalue weighted by atomic mass is 10.2. The molecular weight excluding hydrogens is 416 g/mol. The first-order chi connectivity index (χ1) is 12.5. The van der Waals surface area contributed by atoms with Gasteiger partial charge in [0.2, 0.25) is 0 Å². The van der Waals surface area contributed by atoms with E-state index >= 15 is 0 Å². The summed E-state index contributed by atoms with van der Waals surface area (Å²) in [6, 6.07) is 5.53. The highest BCUT2D eigenvalue weighted by atomic mass is 79.9.